The Morgan fingerprint density at radius 2 is 1.53 bits per heavy atom. The summed E-state index contributed by atoms with van der Waals surface area (Å²) in [6, 6.07) is 11.6. The smallest absolute Gasteiger partial charge is 0.422 e. The van der Waals surface area contributed by atoms with E-state index < -0.39 is 40.4 Å². The van der Waals surface area contributed by atoms with E-state index in [2.05, 4.69) is 0 Å². The lowest BCUT2D eigenvalue weighted by Gasteiger charge is -2.37. The number of fused-ring (bicyclic) bond motifs is 1. The zero-order valence-electron chi connectivity index (χ0n) is 20.1. The van der Waals surface area contributed by atoms with E-state index in [1.165, 1.54) is 71.1 Å². The Kier molecular flexibility index (Phi) is 7.34. The number of carbonyl (C=O) groups is 1. The molecule has 0 fully saturated rings. The van der Waals surface area contributed by atoms with Gasteiger partial charge in [-0.25, -0.2) is 9.00 Å². The fourth-order valence-corrected chi connectivity index (χ4v) is 5.90. The maximum absolute atomic E-state index is 14.5. The molecule has 0 aliphatic carbocycles. The molecular weight excluding hydrogens is 568 g/mol. The van der Waals surface area contributed by atoms with Crippen molar-refractivity contribution in [3.8, 4) is 11.5 Å². The van der Waals surface area contributed by atoms with Crippen molar-refractivity contribution in [1.82, 2.24) is 0 Å². The van der Waals surface area contributed by atoms with Crippen molar-refractivity contribution in [2.45, 2.75) is 24.6 Å². The Bertz CT molecular complexity index is 1450. The van der Waals surface area contributed by atoms with Gasteiger partial charge in [-0.1, -0.05) is 42.3 Å². The minimum atomic E-state index is -5.09. The Labute approximate surface area is 228 Å². The summed E-state index contributed by atoms with van der Waals surface area (Å²) in [5.74, 6) is -2.42. The van der Waals surface area contributed by atoms with E-state index in [0.717, 1.165) is 6.07 Å². The number of ether oxygens (including phenoxy) is 1. The van der Waals surface area contributed by atoms with E-state index in [9.17, 15) is 27.3 Å². The molecule has 3 aromatic rings. The molecule has 3 atom stereocenters. The number of benzene rings is 3. The van der Waals surface area contributed by atoms with Crippen LogP contribution < -0.4 is 13.3 Å². The second-order valence-corrected chi connectivity index (χ2v) is 11.0. The van der Waals surface area contributed by atoms with Crippen molar-refractivity contribution >= 4 is 51.7 Å². The molecule has 202 valence electrons. The van der Waals surface area contributed by atoms with Crippen molar-refractivity contribution in [3.63, 3.8) is 0 Å². The second kappa shape index (κ2) is 9.96. The summed E-state index contributed by atoms with van der Waals surface area (Å²) in [5.41, 5.74) is -3.14. The van der Waals surface area contributed by atoms with Gasteiger partial charge in [0.15, 0.2) is 5.60 Å². The first-order valence-electron chi connectivity index (χ1n) is 11.0. The molecule has 1 aliphatic heterocycles. The Balaban J connectivity index is 1.69. The third kappa shape index (κ3) is 4.68. The summed E-state index contributed by atoms with van der Waals surface area (Å²) < 4.78 is 64.2. The maximum Gasteiger partial charge on any atom is 0.422 e. The van der Waals surface area contributed by atoms with Crippen LogP contribution in [0.1, 0.15) is 34.3 Å². The van der Waals surface area contributed by atoms with Crippen LogP contribution in [0.5, 0.6) is 11.5 Å². The fourth-order valence-electron chi connectivity index (χ4n) is 4.31. The van der Waals surface area contributed by atoms with Crippen LogP contribution in [-0.2, 0) is 16.8 Å². The summed E-state index contributed by atoms with van der Waals surface area (Å²) in [5, 5.41) is 20.2. The van der Waals surface area contributed by atoms with Gasteiger partial charge in [0.2, 0.25) is 11.2 Å². The number of carboxylic acids is 1. The van der Waals surface area contributed by atoms with Gasteiger partial charge < -0.3 is 14.9 Å². The number of aliphatic hydroxyl groups is 1. The number of nitrogens with zero attached hydrogens (tertiary/aromatic N) is 2. The van der Waals surface area contributed by atoms with Crippen LogP contribution in [0.3, 0.4) is 0 Å². The van der Waals surface area contributed by atoms with Gasteiger partial charge in [-0.3, -0.25) is 8.61 Å². The molecule has 13 heteroatoms. The van der Waals surface area contributed by atoms with Crippen LogP contribution in [0.25, 0.3) is 0 Å². The van der Waals surface area contributed by atoms with Crippen LogP contribution >= 0.6 is 23.2 Å². The van der Waals surface area contributed by atoms with Crippen molar-refractivity contribution in [2.24, 2.45) is 0 Å². The predicted octanol–water partition coefficient (Wildman–Crippen LogP) is 6.50. The average molecular weight is 589 g/mol. The van der Waals surface area contributed by atoms with E-state index >= 15 is 0 Å². The van der Waals surface area contributed by atoms with Crippen LogP contribution in [0.2, 0.25) is 10.0 Å². The molecule has 0 saturated heterocycles. The number of hydrogen-bond acceptors (Lipinski definition) is 4. The molecule has 4 rings (SSSR count). The van der Waals surface area contributed by atoms with Gasteiger partial charge in [-0.2, -0.15) is 13.2 Å². The summed E-state index contributed by atoms with van der Waals surface area (Å²) in [6.07, 6.45) is -5.09. The molecule has 0 bridgehead atoms. The zero-order chi connectivity index (χ0) is 28.2. The molecule has 0 saturated carbocycles. The summed E-state index contributed by atoms with van der Waals surface area (Å²) >= 11 is 10.7. The monoisotopic (exact) mass is 588 g/mol. The van der Waals surface area contributed by atoms with Gasteiger partial charge in [0.1, 0.15) is 11.5 Å². The number of alkyl halides is 3. The minimum Gasteiger partial charge on any atom is -0.478 e. The maximum atomic E-state index is 14.5. The molecule has 0 radical (unpaired) electrons. The van der Waals surface area contributed by atoms with Crippen molar-refractivity contribution < 1.29 is 37.1 Å². The van der Waals surface area contributed by atoms with Crippen LogP contribution in [0.15, 0.2) is 54.6 Å². The standard InChI is InChI=1S/C25H21Cl2F3N2O5S/c1-13(17-7-5-15(11-19(17)26)37-16-6-8-18(23(33)34)20(27)12-16)24(35,25(28,29)30)14-4-9-21-22(10-14)32(3)38(36)31(21)2/h4-13,35H,1-3H3,(H,33,34). The lowest BCUT2D eigenvalue weighted by atomic mass is 9.77. The molecule has 1 heterocycles. The average Bonchev–Trinajstić information content (AvgIpc) is 3.05. The van der Waals surface area contributed by atoms with E-state index in [1.807, 2.05) is 0 Å². The molecule has 0 aromatic heterocycles. The molecule has 1 aliphatic rings. The van der Waals surface area contributed by atoms with E-state index in [1.54, 1.807) is 7.05 Å². The van der Waals surface area contributed by atoms with Gasteiger partial charge in [-0.05, 0) is 47.5 Å². The number of hydrogen-bond donors (Lipinski definition) is 2. The Morgan fingerprint density at radius 3 is 2.08 bits per heavy atom. The molecule has 3 aromatic carbocycles. The van der Waals surface area contributed by atoms with E-state index in [0.29, 0.717) is 5.69 Å². The SMILES string of the molecule is CC(c1ccc(Oc2ccc(C(=O)O)c(Cl)c2)cc1Cl)C(O)(c1ccc2c(c1)N(C)S(=O)N2C)C(F)(F)F. The zero-order valence-corrected chi connectivity index (χ0v) is 22.4. The Hall–Kier alpha value is -2.99. The topological polar surface area (TPSA) is 90.3 Å². The molecule has 0 amide bonds. The first-order chi connectivity index (χ1) is 17.7. The molecule has 0 spiro atoms. The van der Waals surface area contributed by atoms with Crippen LogP contribution in [-0.4, -0.2) is 40.7 Å². The third-order valence-corrected chi connectivity index (χ3v) is 8.44. The van der Waals surface area contributed by atoms with Crippen LogP contribution in [0, 0.1) is 0 Å². The molecular formula is C25H21Cl2F3N2O5S. The van der Waals surface area contributed by atoms with Gasteiger partial charge in [0.05, 0.1) is 22.0 Å². The highest BCUT2D eigenvalue weighted by atomic mass is 35.5. The summed E-state index contributed by atoms with van der Waals surface area (Å²) in [6.45, 7) is 1.21. The number of aromatic carboxylic acids is 1. The fraction of sp³-hybridized carbons (Fsp3) is 0.240. The quantitative estimate of drug-likeness (QED) is 0.343. The first kappa shape index (κ1) is 28.0. The lowest BCUT2D eigenvalue weighted by Crippen LogP contribution is -2.46. The summed E-state index contributed by atoms with van der Waals surface area (Å²) in [4.78, 5) is 11.1. The van der Waals surface area contributed by atoms with Gasteiger partial charge in [-0.15, -0.1) is 0 Å². The van der Waals surface area contributed by atoms with Crippen molar-refractivity contribution in [3.05, 3.63) is 81.3 Å². The highest BCUT2D eigenvalue weighted by Gasteiger charge is 2.59. The third-order valence-electron chi connectivity index (χ3n) is 6.47. The minimum absolute atomic E-state index is 0.00708. The van der Waals surface area contributed by atoms with Gasteiger partial charge in [0, 0.05) is 31.1 Å². The van der Waals surface area contributed by atoms with Gasteiger partial charge >= 0.3 is 12.1 Å². The van der Waals surface area contributed by atoms with Crippen LogP contribution in [0.4, 0.5) is 24.5 Å². The number of halogens is 5. The number of rotatable bonds is 6. The highest BCUT2D eigenvalue weighted by molar-refractivity contribution is 7.88. The largest absolute Gasteiger partial charge is 0.478 e. The number of carboxylic acid groups (broad SMARTS) is 1. The second-order valence-electron chi connectivity index (χ2n) is 8.65. The summed E-state index contributed by atoms with van der Waals surface area (Å²) in [7, 11) is 3.03. The normalized spacial score (nSPS) is 17.7. The molecule has 2 N–H and O–H groups in total. The highest BCUT2D eigenvalue weighted by Crippen LogP contribution is 2.52. The number of anilines is 2. The molecule has 38 heavy (non-hydrogen) atoms. The van der Waals surface area contributed by atoms with E-state index in [-0.39, 0.29) is 38.4 Å². The lowest BCUT2D eigenvalue weighted by molar-refractivity contribution is -0.274. The van der Waals surface area contributed by atoms with Gasteiger partial charge in [0.25, 0.3) is 0 Å². The molecule has 3 unspecified atom stereocenters. The molecule has 7 nitrogen and oxygen atoms in total. The van der Waals surface area contributed by atoms with E-state index in [4.69, 9.17) is 33.0 Å². The predicted molar refractivity (Wildman–Crippen MR) is 140 cm³/mol. The van der Waals surface area contributed by atoms with Crippen molar-refractivity contribution in [1.29, 1.82) is 0 Å². The Morgan fingerprint density at radius 1 is 0.947 bits per heavy atom. The van der Waals surface area contributed by atoms with Crippen molar-refractivity contribution in [2.75, 3.05) is 22.7 Å². The first-order valence-corrected chi connectivity index (χ1v) is 12.8.